The Morgan fingerprint density at radius 2 is 2.27 bits per heavy atom. The first-order valence-electron chi connectivity index (χ1n) is 5.81. The second kappa shape index (κ2) is 4.17. The topological polar surface area (TPSA) is 17.8 Å². The van der Waals surface area contributed by atoms with Crippen LogP contribution < -0.4 is 0 Å². The maximum atomic E-state index is 6.16. The van der Waals surface area contributed by atoms with Gasteiger partial charge in [-0.05, 0) is 24.7 Å². The zero-order valence-corrected chi connectivity index (χ0v) is 10.5. The Balaban J connectivity index is 2.32. The van der Waals surface area contributed by atoms with E-state index in [1.54, 1.807) is 0 Å². The lowest BCUT2D eigenvalue weighted by atomic mass is 10.00. The van der Waals surface area contributed by atoms with Crippen molar-refractivity contribution in [1.29, 1.82) is 0 Å². The summed E-state index contributed by atoms with van der Waals surface area (Å²) in [5.41, 5.74) is 1.26. The van der Waals surface area contributed by atoms with Gasteiger partial charge < -0.3 is 4.57 Å². The number of imidazole rings is 1. The van der Waals surface area contributed by atoms with Crippen molar-refractivity contribution < 1.29 is 0 Å². The molecule has 0 aliphatic carbocycles. The van der Waals surface area contributed by atoms with Crippen LogP contribution in [-0.2, 0) is 19.4 Å². The Bertz CT molecular complexity index is 355. The SMILES string of the molecule is CC(C)Cc1nc(Cl)c2n1CC(C)CC2. The number of aromatic nitrogens is 2. The highest BCUT2D eigenvalue weighted by Gasteiger charge is 2.22. The maximum Gasteiger partial charge on any atom is 0.150 e. The lowest BCUT2D eigenvalue weighted by Gasteiger charge is -2.22. The van der Waals surface area contributed by atoms with Crippen molar-refractivity contribution in [3.8, 4) is 0 Å². The molecule has 84 valence electrons. The average molecular weight is 227 g/mol. The van der Waals surface area contributed by atoms with Crippen molar-refractivity contribution in [2.45, 2.75) is 46.6 Å². The highest BCUT2D eigenvalue weighted by atomic mass is 35.5. The lowest BCUT2D eigenvalue weighted by Crippen LogP contribution is -2.20. The Hall–Kier alpha value is -0.500. The summed E-state index contributed by atoms with van der Waals surface area (Å²) >= 11 is 6.16. The zero-order chi connectivity index (χ0) is 11.0. The minimum Gasteiger partial charge on any atom is -0.330 e. The number of hydrogen-bond donors (Lipinski definition) is 0. The average Bonchev–Trinajstić information content (AvgIpc) is 2.42. The predicted molar refractivity (Wildman–Crippen MR) is 63.3 cm³/mol. The van der Waals surface area contributed by atoms with Gasteiger partial charge in [0.1, 0.15) is 5.82 Å². The van der Waals surface area contributed by atoms with Crippen molar-refractivity contribution in [2.24, 2.45) is 11.8 Å². The van der Waals surface area contributed by atoms with Crippen LogP contribution in [0, 0.1) is 11.8 Å². The molecule has 0 bridgehead atoms. The molecular weight excluding hydrogens is 208 g/mol. The second-order valence-corrected chi connectivity index (χ2v) is 5.48. The van der Waals surface area contributed by atoms with Crippen LogP contribution in [0.15, 0.2) is 0 Å². The zero-order valence-electron chi connectivity index (χ0n) is 9.76. The van der Waals surface area contributed by atoms with E-state index in [-0.39, 0.29) is 0 Å². The van der Waals surface area contributed by atoms with Gasteiger partial charge in [-0.15, -0.1) is 0 Å². The van der Waals surface area contributed by atoms with E-state index in [2.05, 4.69) is 30.3 Å². The van der Waals surface area contributed by atoms with E-state index < -0.39 is 0 Å². The molecule has 0 fully saturated rings. The molecule has 2 rings (SSSR count). The molecule has 1 aliphatic rings. The summed E-state index contributed by atoms with van der Waals surface area (Å²) < 4.78 is 2.34. The van der Waals surface area contributed by atoms with Crippen LogP contribution in [0.4, 0.5) is 0 Å². The summed E-state index contributed by atoms with van der Waals surface area (Å²) in [5.74, 6) is 2.58. The molecule has 3 heteroatoms. The van der Waals surface area contributed by atoms with E-state index in [0.717, 1.165) is 30.5 Å². The smallest absolute Gasteiger partial charge is 0.150 e. The fourth-order valence-corrected chi connectivity index (χ4v) is 2.56. The molecule has 1 aliphatic heterocycles. The Morgan fingerprint density at radius 3 is 2.93 bits per heavy atom. The van der Waals surface area contributed by atoms with Crippen LogP contribution in [0.3, 0.4) is 0 Å². The van der Waals surface area contributed by atoms with Crippen LogP contribution >= 0.6 is 11.6 Å². The molecule has 0 radical (unpaired) electrons. The summed E-state index contributed by atoms with van der Waals surface area (Å²) in [4.78, 5) is 4.50. The molecule has 1 atom stereocenters. The number of hydrogen-bond acceptors (Lipinski definition) is 1. The fraction of sp³-hybridized carbons (Fsp3) is 0.750. The molecule has 2 heterocycles. The first-order chi connectivity index (χ1) is 7.08. The van der Waals surface area contributed by atoms with Crippen LogP contribution in [-0.4, -0.2) is 9.55 Å². The third kappa shape index (κ3) is 2.20. The first-order valence-corrected chi connectivity index (χ1v) is 6.19. The van der Waals surface area contributed by atoms with Gasteiger partial charge in [-0.2, -0.15) is 0 Å². The molecule has 1 aromatic rings. The summed E-state index contributed by atoms with van der Waals surface area (Å²) in [6.45, 7) is 7.84. The largest absolute Gasteiger partial charge is 0.330 e. The van der Waals surface area contributed by atoms with Gasteiger partial charge in [0.15, 0.2) is 5.15 Å². The van der Waals surface area contributed by atoms with Crippen molar-refractivity contribution in [3.63, 3.8) is 0 Å². The molecule has 15 heavy (non-hydrogen) atoms. The molecular formula is C12H19ClN2. The van der Waals surface area contributed by atoms with Crippen molar-refractivity contribution in [3.05, 3.63) is 16.7 Å². The molecule has 0 N–H and O–H groups in total. The highest BCUT2D eigenvalue weighted by molar-refractivity contribution is 6.30. The number of fused-ring (bicyclic) bond motifs is 1. The summed E-state index contributed by atoms with van der Waals surface area (Å²) in [5, 5.41) is 0.734. The monoisotopic (exact) mass is 226 g/mol. The summed E-state index contributed by atoms with van der Waals surface area (Å²) in [6.07, 6.45) is 3.37. The first kappa shape index (κ1) is 11.0. The minimum atomic E-state index is 0.643. The van der Waals surface area contributed by atoms with Gasteiger partial charge >= 0.3 is 0 Å². The molecule has 2 nitrogen and oxygen atoms in total. The molecule has 0 amide bonds. The normalized spacial score (nSPS) is 20.7. The van der Waals surface area contributed by atoms with Crippen LogP contribution in [0.1, 0.15) is 38.7 Å². The van der Waals surface area contributed by atoms with Gasteiger partial charge in [0, 0.05) is 13.0 Å². The fourth-order valence-electron chi connectivity index (χ4n) is 2.27. The predicted octanol–water partition coefficient (Wildman–Crippen LogP) is 3.32. The number of nitrogens with zero attached hydrogens (tertiary/aromatic N) is 2. The quantitative estimate of drug-likeness (QED) is 0.757. The van der Waals surface area contributed by atoms with E-state index in [9.17, 15) is 0 Å². The van der Waals surface area contributed by atoms with E-state index in [1.807, 2.05) is 0 Å². The maximum absolute atomic E-state index is 6.16. The van der Waals surface area contributed by atoms with Crippen molar-refractivity contribution >= 4 is 11.6 Å². The van der Waals surface area contributed by atoms with Crippen LogP contribution in [0.5, 0.6) is 0 Å². The molecule has 1 aromatic heterocycles. The van der Waals surface area contributed by atoms with E-state index in [0.29, 0.717) is 5.92 Å². The Labute approximate surface area is 96.7 Å². The van der Waals surface area contributed by atoms with Gasteiger partial charge in [-0.3, -0.25) is 0 Å². The van der Waals surface area contributed by atoms with Gasteiger partial charge in [-0.1, -0.05) is 32.4 Å². The molecule has 0 saturated carbocycles. The van der Waals surface area contributed by atoms with Crippen molar-refractivity contribution in [2.75, 3.05) is 0 Å². The van der Waals surface area contributed by atoms with Crippen LogP contribution in [0.2, 0.25) is 5.15 Å². The Kier molecular flexibility index (Phi) is 3.06. The molecule has 0 saturated heterocycles. The highest BCUT2D eigenvalue weighted by Crippen LogP contribution is 2.27. The molecule has 0 spiro atoms. The molecule has 0 aromatic carbocycles. The van der Waals surface area contributed by atoms with Crippen molar-refractivity contribution in [1.82, 2.24) is 9.55 Å². The standard InChI is InChI=1S/C12H19ClN2/c1-8(2)6-11-14-12(13)10-5-4-9(3)7-15(10)11/h8-9H,4-7H2,1-3H3. The third-order valence-corrected chi connectivity index (χ3v) is 3.36. The molecule has 1 unspecified atom stereocenters. The number of rotatable bonds is 2. The summed E-state index contributed by atoms with van der Waals surface area (Å²) in [6, 6.07) is 0. The van der Waals surface area contributed by atoms with Crippen LogP contribution in [0.25, 0.3) is 0 Å². The third-order valence-electron chi connectivity index (χ3n) is 3.06. The van der Waals surface area contributed by atoms with Gasteiger partial charge in [0.25, 0.3) is 0 Å². The lowest BCUT2D eigenvalue weighted by molar-refractivity contribution is 0.386. The number of halogens is 1. The summed E-state index contributed by atoms with van der Waals surface area (Å²) in [7, 11) is 0. The van der Waals surface area contributed by atoms with Gasteiger partial charge in [0.05, 0.1) is 5.69 Å². The van der Waals surface area contributed by atoms with E-state index in [4.69, 9.17) is 11.6 Å². The van der Waals surface area contributed by atoms with E-state index >= 15 is 0 Å². The van der Waals surface area contributed by atoms with E-state index in [1.165, 1.54) is 17.9 Å². The van der Waals surface area contributed by atoms with Gasteiger partial charge in [0.2, 0.25) is 0 Å². The van der Waals surface area contributed by atoms with Gasteiger partial charge in [-0.25, -0.2) is 4.98 Å². The minimum absolute atomic E-state index is 0.643. The Morgan fingerprint density at radius 1 is 1.53 bits per heavy atom. The second-order valence-electron chi connectivity index (χ2n) is 5.12.